The van der Waals surface area contributed by atoms with E-state index in [1.54, 1.807) is 11.3 Å². The Kier molecular flexibility index (Phi) is 8.35. The van der Waals surface area contributed by atoms with E-state index >= 15 is 0 Å². The third-order valence-corrected chi connectivity index (χ3v) is 8.17. The first-order valence-corrected chi connectivity index (χ1v) is 14.0. The van der Waals surface area contributed by atoms with E-state index in [2.05, 4.69) is 52.2 Å². The van der Waals surface area contributed by atoms with Crippen LogP contribution in [0.3, 0.4) is 0 Å². The zero-order valence-electron chi connectivity index (χ0n) is 19.0. The number of hydrogen-bond acceptors (Lipinski definition) is 7. The molecule has 2 unspecified atom stereocenters. The van der Waals surface area contributed by atoms with Gasteiger partial charge in [-0.2, -0.15) is 0 Å². The molecule has 0 spiro atoms. The summed E-state index contributed by atoms with van der Waals surface area (Å²) in [5.74, 6) is 2.21. The van der Waals surface area contributed by atoms with Gasteiger partial charge in [-0.05, 0) is 74.4 Å². The van der Waals surface area contributed by atoms with Crippen LogP contribution in [-0.2, 0) is 23.3 Å². The van der Waals surface area contributed by atoms with Crippen LogP contribution in [0, 0.1) is 0 Å². The normalized spacial score (nSPS) is 17.5. The summed E-state index contributed by atoms with van der Waals surface area (Å²) in [5.41, 5.74) is 6.41. The van der Waals surface area contributed by atoms with Crippen LogP contribution in [0.2, 0.25) is 0 Å². The van der Waals surface area contributed by atoms with Crippen LogP contribution in [-0.4, -0.2) is 44.9 Å². The lowest BCUT2D eigenvalue weighted by Gasteiger charge is -2.24. The van der Waals surface area contributed by atoms with Crippen molar-refractivity contribution in [2.45, 2.75) is 57.7 Å². The van der Waals surface area contributed by atoms with Gasteiger partial charge in [0, 0.05) is 30.9 Å². The fourth-order valence-electron chi connectivity index (χ4n) is 4.15. The predicted molar refractivity (Wildman–Crippen MR) is 135 cm³/mol. The van der Waals surface area contributed by atoms with Gasteiger partial charge in [0.15, 0.2) is 0 Å². The van der Waals surface area contributed by atoms with Crippen LogP contribution in [0.4, 0.5) is 5.95 Å². The second-order valence-corrected chi connectivity index (χ2v) is 10.9. The lowest BCUT2D eigenvalue weighted by molar-refractivity contribution is 0.551. The summed E-state index contributed by atoms with van der Waals surface area (Å²) < 4.78 is 13.4. The van der Waals surface area contributed by atoms with E-state index in [0.29, 0.717) is 5.75 Å². The van der Waals surface area contributed by atoms with Gasteiger partial charge >= 0.3 is 0 Å². The number of rotatable bonds is 9. The van der Waals surface area contributed by atoms with Gasteiger partial charge in [-0.25, -0.2) is 15.0 Å². The predicted octanol–water partition coefficient (Wildman–Crippen LogP) is 4.63. The zero-order chi connectivity index (χ0) is 22.3. The largest absolute Gasteiger partial charge is 0.616 e. The van der Waals surface area contributed by atoms with Crippen LogP contribution in [0.15, 0.2) is 29.9 Å². The van der Waals surface area contributed by atoms with Gasteiger partial charge in [-0.1, -0.05) is 13.0 Å². The summed E-state index contributed by atoms with van der Waals surface area (Å²) in [5, 5.41) is 3.65. The molecule has 0 amide bonds. The molecule has 1 aliphatic heterocycles. The molecule has 0 radical (unpaired) electrons. The Hall–Kier alpha value is -1.74. The summed E-state index contributed by atoms with van der Waals surface area (Å²) in [4.78, 5) is 16.3. The molecule has 6 nitrogen and oxygen atoms in total. The molecule has 172 valence electrons. The molecule has 0 saturated carbocycles. The maximum atomic E-state index is 12.1. The first-order valence-electron chi connectivity index (χ1n) is 11.6. The summed E-state index contributed by atoms with van der Waals surface area (Å²) in [7, 11) is 0. The standard InChI is InChI=1S/C24H33N5OS2/c1-3-11-29(24-26-15-20-16-32(30)13-5-4-7-21(20)28-24)12-6-10-25-18(2)19-8-9-23-22(14-19)27-17-31-23/h8-9,14-15,17-18,25H,3-7,10-13,16H2,1-2H3. The van der Waals surface area contributed by atoms with Crippen LogP contribution in [0.5, 0.6) is 0 Å². The minimum Gasteiger partial charge on any atom is -0.616 e. The van der Waals surface area contributed by atoms with Gasteiger partial charge in [0.25, 0.3) is 0 Å². The minimum atomic E-state index is -0.788. The van der Waals surface area contributed by atoms with E-state index in [0.717, 1.165) is 80.2 Å². The number of fused-ring (bicyclic) bond motifs is 2. The molecule has 1 N–H and O–H groups in total. The molecule has 2 aromatic heterocycles. The van der Waals surface area contributed by atoms with E-state index < -0.39 is 11.2 Å². The number of hydrogen-bond donors (Lipinski definition) is 1. The lowest BCUT2D eigenvalue weighted by atomic mass is 10.1. The molecule has 3 heterocycles. The maximum absolute atomic E-state index is 12.1. The number of aromatic nitrogens is 3. The van der Waals surface area contributed by atoms with Crippen molar-refractivity contribution in [3.8, 4) is 0 Å². The Morgan fingerprint density at radius 3 is 3.03 bits per heavy atom. The fourth-order valence-corrected chi connectivity index (χ4v) is 6.07. The summed E-state index contributed by atoms with van der Waals surface area (Å²) in [6, 6.07) is 6.83. The number of aryl methyl sites for hydroxylation is 1. The van der Waals surface area contributed by atoms with Crippen molar-refractivity contribution < 1.29 is 4.55 Å². The molecule has 0 bridgehead atoms. The van der Waals surface area contributed by atoms with Crippen LogP contribution >= 0.6 is 11.3 Å². The number of thiazole rings is 1. The van der Waals surface area contributed by atoms with E-state index in [1.165, 1.54) is 10.3 Å². The molecule has 0 fully saturated rings. The third kappa shape index (κ3) is 5.98. The van der Waals surface area contributed by atoms with Gasteiger partial charge in [-0.3, -0.25) is 0 Å². The summed E-state index contributed by atoms with van der Waals surface area (Å²) in [6.07, 6.45) is 7.03. The zero-order valence-corrected chi connectivity index (χ0v) is 20.7. The van der Waals surface area contributed by atoms with Gasteiger partial charge in [0.05, 0.1) is 21.4 Å². The molecule has 3 aromatic rings. The third-order valence-electron chi connectivity index (χ3n) is 5.98. The molecule has 4 rings (SSSR count). The highest BCUT2D eigenvalue weighted by Gasteiger charge is 2.19. The Labute approximate surface area is 198 Å². The second kappa shape index (κ2) is 11.4. The SMILES string of the molecule is CCCN(CCCNC(C)c1ccc2scnc2c1)c1ncc2c(n1)CCCC[S+]([O-])C2. The molecule has 1 aliphatic rings. The van der Waals surface area contributed by atoms with Gasteiger partial charge in [0.1, 0.15) is 11.5 Å². The minimum absolute atomic E-state index is 0.286. The Bertz CT molecular complexity index is 1010. The van der Waals surface area contributed by atoms with Crippen molar-refractivity contribution in [1.29, 1.82) is 0 Å². The number of nitrogens with zero attached hydrogens (tertiary/aromatic N) is 4. The van der Waals surface area contributed by atoms with Crippen molar-refractivity contribution in [2.75, 3.05) is 30.3 Å². The van der Waals surface area contributed by atoms with Gasteiger partial charge in [-0.15, -0.1) is 11.3 Å². The quantitative estimate of drug-likeness (QED) is 0.362. The van der Waals surface area contributed by atoms with Gasteiger partial charge in [0.2, 0.25) is 5.95 Å². The molecule has 1 aromatic carbocycles. The Morgan fingerprint density at radius 1 is 1.25 bits per heavy atom. The molecule has 2 atom stereocenters. The average Bonchev–Trinajstić information content (AvgIpc) is 3.26. The van der Waals surface area contributed by atoms with E-state index in [1.807, 2.05) is 11.7 Å². The van der Waals surface area contributed by atoms with Crippen molar-refractivity contribution in [2.24, 2.45) is 0 Å². The van der Waals surface area contributed by atoms with Crippen LogP contribution < -0.4 is 10.2 Å². The highest BCUT2D eigenvalue weighted by Crippen LogP contribution is 2.23. The van der Waals surface area contributed by atoms with E-state index in [-0.39, 0.29) is 6.04 Å². The van der Waals surface area contributed by atoms with Gasteiger partial charge < -0.3 is 14.8 Å². The van der Waals surface area contributed by atoms with Crippen molar-refractivity contribution in [1.82, 2.24) is 20.3 Å². The highest BCUT2D eigenvalue weighted by atomic mass is 32.2. The average molecular weight is 472 g/mol. The highest BCUT2D eigenvalue weighted by molar-refractivity contribution is 7.90. The number of benzene rings is 1. The van der Waals surface area contributed by atoms with Crippen LogP contribution in [0.1, 0.15) is 62.4 Å². The Balaban J connectivity index is 1.33. The van der Waals surface area contributed by atoms with Crippen molar-refractivity contribution in [3.05, 3.63) is 46.7 Å². The lowest BCUT2D eigenvalue weighted by Crippen LogP contribution is -2.31. The Morgan fingerprint density at radius 2 is 2.16 bits per heavy atom. The topological polar surface area (TPSA) is 77.0 Å². The number of nitrogens with one attached hydrogen (secondary N) is 1. The molecule has 0 aliphatic carbocycles. The molecular weight excluding hydrogens is 438 g/mol. The van der Waals surface area contributed by atoms with Crippen molar-refractivity contribution in [3.63, 3.8) is 0 Å². The van der Waals surface area contributed by atoms with E-state index in [9.17, 15) is 4.55 Å². The molecule has 0 saturated heterocycles. The van der Waals surface area contributed by atoms with Crippen LogP contribution in [0.25, 0.3) is 10.2 Å². The fraction of sp³-hybridized carbons (Fsp3) is 0.542. The molecular formula is C24H33N5OS2. The maximum Gasteiger partial charge on any atom is 0.225 e. The molecule has 32 heavy (non-hydrogen) atoms. The number of anilines is 1. The monoisotopic (exact) mass is 471 g/mol. The first-order chi connectivity index (χ1) is 15.6. The van der Waals surface area contributed by atoms with Crippen molar-refractivity contribution >= 4 is 38.7 Å². The summed E-state index contributed by atoms with van der Waals surface area (Å²) >= 11 is 0.893. The smallest absolute Gasteiger partial charge is 0.225 e. The van der Waals surface area contributed by atoms with E-state index in [4.69, 9.17) is 4.98 Å². The second-order valence-electron chi connectivity index (χ2n) is 8.48. The first kappa shape index (κ1) is 23.4. The summed E-state index contributed by atoms with van der Waals surface area (Å²) in [6.45, 7) is 7.20. The molecule has 8 heteroatoms.